The molecule has 0 aliphatic carbocycles. The third-order valence-corrected chi connectivity index (χ3v) is 3.18. The molecule has 0 aromatic heterocycles. The molecule has 1 heterocycles. The van der Waals surface area contributed by atoms with E-state index in [1.807, 2.05) is 6.92 Å². The van der Waals surface area contributed by atoms with Gasteiger partial charge < -0.3 is 25.6 Å². The van der Waals surface area contributed by atoms with Gasteiger partial charge in [0.1, 0.15) is 11.3 Å². The Bertz CT molecular complexity index is 531. The summed E-state index contributed by atoms with van der Waals surface area (Å²) < 4.78 is 5.33. The van der Waals surface area contributed by atoms with E-state index in [0.29, 0.717) is 12.3 Å². The molecule has 4 N–H and O–H groups in total. The summed E-state index contributed by atoms with van der Waals surface area (Å²) in [5.41, 5.74) is 0.102. The van der Waals surface area contributed by atoms with Gasteiger partial charge in [0.25, 0.3) is 0 Å². The van der Waals surface area contributed by atoms with Crippen LogP contribution in [0.15, 0.2) is 18.2 Å². The monoisotopic (exact) mass is 280 g/mol. The molecule has 7 nitrogen and oxygen atoms in total. The zero-order valence-corrected chi connectivity index (χ0v) is 10.9. The van der Waals surface area contributed by atoms with Crippen molar-refractivity contribution in [3.05, 3.63) is 23.8 Å². The summed E-state index contributed by atoms with van der Waals surface area (Å²) in [4.78, 5) is 22.5. The van der Waals surface area contributed by atoms with Gasteiger partial charge in [-0.25, -0.2) is 9.59 Å². The van der Waals surface area contributed by atoms with E-state index in [-0.39, 0.29) is 17.7 Å². The first-order valence-corrected chi connectivity index (χ1v) is 6.23. The zero-order chi connectivity index (χ0) is 14.7. The van der Waals surface area contributed by atoms with E-state index < -0.39 is 17.7 Å². The van der Waals surface area contributed by atoms with Crippen LogP contribution in [0.1, 0.15) is 23.7 Å². The number of benzene rings is 1. The molecular formula is C13H16N2O5. The molecule has 2 amide bonds. The summed E-state index contributed by atoms with van der Waals surface area (Å²) in [6.07, 6.45) is 0.709. The molecular weight excluding hydrogens is 264 g/mol. The second kappa shape index (κ2) is 5.79. The minimum Gasteiger partial charge on any atom is -0.507 e. The molecule has 0 spiro atoms. The molecule has 1 fully saturated rings. The molecule has 108 valence electrons. The van der Waals surface area contributed by atoms with Crippen molar-refractivity contribution >= 4 is 17.7 Å². The number of anilines is 1. The van der Waals surface area contributed by atoms with Gasteiger partial charge in [0.2, 0.25) is 0 Å². The molecule has 1 aliphatic rings. The lowest BCUT2D eigenvalue weighted by Gasteiger charge is -2.16. The van der Waals surface area contributed by atoms with Crippen LogP contribution in [0.25, 0.3) is 0 Å². The molecule has 0 saturated carbocycles. The smallest absolute Gasteiger partial charge is 0.339 e. The van der Waals surface area contributed by atoms with Crippen molar-refractivity contribution in [1.29, 1.82) is 0 Å². The maximum Gasteiger partial charge on any atom is 0.339 e. The highest BCUT2D eigenvalue weighted by Gasteiger charge is 2.25. The highest BCUT2D eigenvalue weighted by Crippen LogP contribution is 2.22. The molecule has 1 saturated heterocycles. The van der Waals surface area contributed by atoms with Gasteiger partial charge in [-0.05, 0) is 25.5 Å². The second-order valence-corrected chi connectivity index (χ2v) is 4.61. The van der Waals surface area contributed by atoms with Crippen LogP contribution in [-0.4, -0.2) is 41.0 Å². The number of carbonyl (C=O) groups is 2. The summed E-state index contributed by atoms with van der Waals surface area (Å²) in [5.74, 6) is -1.62. The van der Waals surface area contributed by atoms with Gasteiger partial charge >= 0.3 is 12.0 Å². The summed E-state index contributed by atoms with van der Waals surface area (Å²) in [5, 5.41) is 23.6. The summed E-state index contributed by atoms with van der Waals surface area (Å²) in [6.45, 7) is 2.49. The number of ether oxygens (including phenoxy) is 1. The lowest BCUT2D eigenvalue weighted by molar-refractivity contribution is 0.0693. The molecule has 2 atom stereocenters. The summed E-state index contributed by atoms with van der Waals surface area (Å²) in [7, 11) is 0. The average molecular weight is 280 g/mol. The van der Waals surface area contributed by atoms with E-state index in [9.17, 15) is 14.7 Å². The number of carboxylic acid groups (broad SMARTS) is 1. The van der Waals surface area contributed by atoms with E-state index in [4.69, 9.17) is 9.84 Å². The highest BCUT2D eigenvalue weighted by molar-refractivity contribution is 5.94. The first kappa shape index (κ1) is 14.1. The Morgan fingerprint density at radius 1 is 1.40 bits per heavy atom. The highest BCUT2D eigenvalue weighted by atomic mass is 16.5. The number of rotatable bonds is 3. The Labute approximate surface area is 115 Å². The fourth-order valence-electron chi connectivity index (χ4n) is 2.05. The molecule has 0 bridgehead atoms. The van der Waals surface area contributed by atoms with Gasteiger partial charge in [0.05, 0.1) is 12.1 Å². The Morgan fingerprint density at radius 3 is 2.70 bits per heavy atom. The van der Waals surface area contributed by atoms with Crippen molar-refractivity contribution in [2.45, 2.75) is 25.5 Å². The molecule has 2 unspecified atom stereocenters. The Kier molecular flexibility index (Phi) is 4.09. The van der Waals surface area contributed by atoms with Crippen molar-refractivity contribution in [2.75, 3.05) is 11.9 Å². The van der Waals surface area contributed by atoms with E-state index in [1.165, 1.54) is 18.2 Å². The molecule has 2 rings (SSSR count). The molecule has 0 radical (unpaired) electrons. The molecule has 20 heavy (non-hydrogen) atoms. The maximum atomic E-state index is 11.8. The quantitative estimate of drug-likeness (QED) is 0.669. The summed E-state index contributed by atoms with van der Waals surface area (Å²) in [6, 6.07) is 3.36. The van der Waals surface area contributed by atoms with Gasteiger partial charge in [0.15, 0.2) is 0 Å². The predicted molar refractivity (Wildman–Crippen MR) is 71.0 cm³/mol. The Hall–Kier alpha value is -2.28. The molecule has 1 aromatic carbocycles. The van der Waals surface area contributed by atoms with Crippen LogP contribution < -0.4 is 10.6 Å². The third-order valence-electron chi connectivity index (χ3n) is 3.18. The van der Waals surface area contributed by atoms with E-state index in [0.717, 1.165) is 6.42 Å². The van der Waals surface area contributed by atoms with E-state index in [2.05, 4.69) is 10.6 Å². The van der Waals surface area contributed by atoms with Gasteiger partial charge in [-0.15, -0.1) is 0 Å². The fraction of sp³-hybridized carbons (Fsp3) is 0.385. The van der Waals surface area contributed by atoms with Crippen molar-refractivity contribution < 1.29 is 24.5 Å². The van der Waals surface area contributed by atoms with Crippen LogP contribution in [-0.2, 0) is 4.74 Å². The zero-order valence-electron chi connectivity index (χ0n) is 10.9. The largest absolute Gasteiger partial charge is 0.507 e. The first-order valence-electron chi connectivity index (χ1n) is 6.23. The number of phenols is 1. The third kappa shape index (κ3) is 3.18. The van der Waals surface area contributed by atoms with Crippen molar-refractivity contribution in [2.24, 2.45) is 0 Å². The van der Waals surface area contributed by atoms with Gasteiger partial charge in [-0.3, -0.25) is 0 Å². The average Bonchev–Trinajstić information content (AvgIpc) is 2.74. The van der Waals surface area contributed by atoms with Crippen molar-refractivity contribution in [3.8, 4) is 5.75 Å². The van der Waals surface area contributed by atoms with E-state index in [1.54, 1.807) is 0 Å². The number of nitrogens with one attached hydrogen (secondary N) is 2. The van der Waals surface area contributed by atoms with Crippen molar-refractivity contribution in [3.63, 3.8) is 0 Å². The van der Waals surface area contributed by atoms with Gasteiger partial charge in [-0.2, -0.15) is 0 Å². The number of hydrogen-bond donors (Lipinski definition) is 4. The minimum absolute atomic E-state index is 0.0384. The van der Waals surface area contributed by atoms with Crippen LogP contribution >= 0.6 is 0 Å². The topological polar surface area (TPSA) is 108 Å². The minimum atomic E-state index is -1.23. The van der Waals surface area contributed by atoms with Crippen LogP contribution in [0.3, 0.4) is 0 Å². The van der Waals surface area contributed by atoms with Gasteiger partial charge in [0, 0.05) is 18.4 Å². The number of hydrogen-bond acceptors (Lipinski definition) is 4. The van der Waals surface area contributed by atoms with Crippen LogP contribution in [0.5, 0.6) is 5.75 Å². The molecule has 7 heteroatoms. The Balaban J connectivity index is 1.97. The normalized spacial score (nSPS) is 21.4. The second-order valence-electron chi connectivity index (χ2n) is 4.61. The predicted octanol–water partition coefficient (Wildman–Crippen LogP) is 1.39. The standard InChI is InChI=1S/C13H16N2O5/c1-7-10(4-5-20-7)15-13(19)14-8-2-3-9(12(17)18)11(16)6-8/h2-3,6-7,10,16H,4-5H2,1H3,(H,17,18)(H2,14,15,19). The van der Waals surface area contributed by atoms with Crippen LogP contribution in [0.2, 0.25) is 0 Å². The van der Waals surface area contributed by atoms with Crippen LogP contribution in [0, 0.1) is 0 Å². The number of amides is 2. The number of urea groups is 1. The maximum absolute atomic E-state index is 11.8. The first-order chi connectivity index (χ1) is 9.47. The number of carbonyl (C=O) groups excluding carboxylic acids is 1. The number of aromatic hydroxyl groups is 1. The van der Waals surface area contributed by atoms with E-state index >= 15 is 0 Å². The van der Waals surface area contributed by atoms with Gasteiger partial charge in [-0.1, -0.05) is 0 Å². The summed E-state index contributed by atoms with van der Waals surface area (Å²) >= 11 is 0. The van der Waals surface area contributed by atoms with Crippen molar-refractivity contribution in [1.82, 2.24) is 5.32 Å². The SMILES string of the molecule is CC1OCCC1NC(=O)Nc1ccc(C(=O)O)c(O)c1. The number of carboxylic acids is 1. The lowest BCUT2D eigenvalue weighted by Crippen LogP contribution is -2.41. The number of aromatic carboxylic acids is 1. The molecule has 1 aromatic rings. The molecule has 1 aliphatic heterocycles. The van der Waals surface area contributed by atoms with Crippen LogP contribution in [0.4, 0.5) is 10.5 Å². The fourth-order valence-corrected chi connectivity index (χ4v) is 2.05. The lowest BCUT2D eigenvalue weighted by atomic mass is 10.1. The Morgan fingerprint density at radius 2 is 2.15 bits per heavy atom.